The molecule has 0 aromatic heterocycles. The summed E-state index contributed by atoms with van der Waals surface area (Å²) >= 11 is 0. The van der Waals surface area contributed by atoms with Crippen LogP contribution in [-0.4, -0.2) is 14.6 Å². The summed E-state index contributed by atoms with van der Waals surface area (Å²) in [5, 5.41) is 3.62. The molecule has 0 radical (unpaired) electrons. The lowest BCUT2D eigenvalue weighted by Crippen LogP contribution is -2.19. The Morgan fingerprint density at radius 1 is 1.14 bits per heavy atom. The molecule has 0 fully saturated rings. The zero-order valence-electron chi connectivity index (χ0n) is 11.7. The Kier molecular flexibility index (Phi) is 4.37. The second-order valence-electron chi connectivity index (χ2n) is 4.64. The van der Waals surface area contributed by atoms with Crippen molar-refractivity contribution in [3.8, 4) is 0 Å². The first-order valence-corrected chi connectivity index (χ1v) is 7.75. The number of nitrogens with one attached hydrogen (secondary N) is 1. The van der Waals surface area contributed by atoms with E-state index in [9.17, 15) is 12.8 Å². The van der Waals surface area contributed by atoms with Crippen LogP contribution in [0.4, 0.5) is 4.39 Å². The molecule has 0 saturated heterocycles. The molecule has 0 heterocycles. The third-order valence-electron chi connectivity index (χ3n) is 2.91. The molecule has 4 nitrogen and oxygen atoms in total. The molecule has 0 unspecified atom stereocenters. The molecule has 0 aliphatic heterocycles. The highest BCUT2D eigenvalue weighted by Gasteiger charge is 2.15. The fraction of sp³-hybridized carbons (Fsp3) is 0.133. The summed E-state index contributed by atoms with van der Waals surface area (Å²) in [5.41, 5.74) is 1.66. The molecule has 0 aliphatic carbocycles. The van der Waals surface area contributed by atoms with Crippen molar-refractivity contribution in [3.63, 3.8) is 0 Å². The van der Waals surface area contributed by atoms with E-state index >= 15 is 0 Å². The minimum absolute atomic E-state index is 0.160. The number of benzene rings is 2. The largest absolute Gasteiger partial charge is 0.276 e. The first kappa shape index (κ1) is 15.2. The van der Waals surface area contributed by atoms with Crippen molar-refractivity contribution >= 4 is 16.2 Å². The molecule has 2 aromatic carbocycles. The maximum absolute atomic E-state index is 13.4. The number of hydrogen-bond donors (Lipinski definition) is 1. The smallest absolute Gasteiger partial charge is 0.206 e. The van der Waals surface area contributed by atoms with Crippen molar-refractivity contribution in [3.05, 3.63) is 65.0 Å². The first-order valence-electron chi connectivity index (χ1n) is 6.27. The van der Waals surface area contributed by atoms with Gasteiger partial charge in [0.25, 0.3) is 10.0 Å². The van der Waals surface area contributed by atoms with Gasteiger partial charge < -0.3 is 0 Å². The number of rotatable bonds is 4. The molecule has 1 N–H and O–H groups in total. The van der Waals surface area contributed by atoms with Crippen LogP contribution in [0.15, 0.2) is 52.5 Å². The van der Waals surface area contributed by atoms with Crippen molar-refractivity contribution in [2.24, 2.45) is 5.10 Å². The molecule has 21 heavy (non-hydrogen) atoms. The SMILES string of the molecule is Cc1ccc(C)c(S(=O)(=O)N/N=C/c2ccccc2F)c1. The predicted molar refractivity (Wildman–Crippen MR) is 80.2 cm³/mol. The fourth-order valence-corrected chi connectivity index (χ4v) is 2.91. The Morgan fingerprint density at radius 3 is 2.57 bits per heavy atom. The highest BCUT2D eigenvalue weighted by Crippen LogP contribution is 2.16. The van der Waals surface area contributed by atoms with E-state index in [4.69, 9.17) is 0 Å². The summed E-state index contributed by atoms with van der Waals surface area (Å²) in [6.45, 7) is 3.51. The van der Waals surface area contributed by atoms with Gasteiger partial charge in [0.2, 0.25) is 0 Å². The molecular weight excluding hydrogens is 291 g/mol. The molecule has 0 saturated carbocycles. The lowest BCUT2D eigenvalue weighted by atomic mass is 10.2. The van der Waals surface area contributed by atoms with E-state index in [-0.39, 0.29) is 10.5 Å². The van der Waals surface area contributed by atoms with Gasteiger partial charge in [-0.2, -0.15) is 13.5 Å². The molecule has 6 heteroatoms. The van der Waals surface area contributed by atoms with Gasteiger partial charge in [-0.3, -0.25) is 0 Å². The van der Waals surface area contributed by atoms with Crippen molar-refractivity contribution in [2.75, 3.05) is 0 Å². The lowest BCUT2D eigenvalue weighted by molar-refractivity contribution is 0.583. The average Bonchev–Trinajstić information content (AvgIpc) is 2.43. The van der Waals surface area contributed by atoms with Gasteiger partial charge in [0.1, 0.15) is 5.82 Å². The summed E-state index contributed by atoms with van der Waals surface area (Å²) in [7, 11) is -3.77. The van der Waals surface area contributed by atoms with Crippen molar-refractivity contribution in [2.45, 2.75) is 18.7 Å². The van der Waals surface area contributed by atoms with Crippen molar-refractivity contribution < 1.29 is 12.8 Å². The minimum atomic E-state index is -3.77. The second-order valence-corrected chi connectivity index (χ2v) is 6.27. The minimum Gasteiger partial charge on any atom is -0.206 e. The molecule has 2 rings (SSSR count). The highest BCUT2D eigenvalue weighted by molar-refractivity contribution is 7.89. The number of nitrogens with zero attached hydrogens (tertiary/aromatic N) is 1. The first-order chi connectivity index (χ1) is 9.90. The van der Waals surface area contributed by atoms with Crippen LogP contribution in [0.3, 0.4) is 0 Å². The second kappa shape index (κ2) is 6.05. The normalized spacial score (nSPS) is 11.8. The number of sulfonamides is 1. The number of hydrogen-bond acceptors (Lipinski definition) is 3. The zero-order chi connectivity index (χ0) is 15.5. The zero-order valence-corrected chi connectivity index (χ0v) is 12.5. The third kappa shape index (κ3) is 3.66. The predicted octanol–water partition coefficient (Wildman–Crippen LogP) is 2.75. The van der Waals surface area contributed by atoms with Gasteiger partial charge >= 0.3 is 0 Å². The Morgan fingerprint density at radius 2 is 1.86 bits per heavy atom. The molecule has 0 atom stereocenters. The monoisotopic (exact) mass is 306 g/mol. The van der Waals surface area contributed by atoms with Crippen LogP contribution in [0.5, 0.6) is 0 Å². The standard InChI is InChI=1S/C15H15FN2O2S/c1-11-7-8-12(2)15(9-11)21(19,20)18-17-10-13-5-3-4-6-14(13)16/h3-10,18H,1-2H3/b17-10+. The maximum Gasteiger partial charge on any atom is 0.276 e. The Bertz CT molecular complexity index is 786. The fourth-order valence-electron chi connectivity index (χ4n) is 1.79. The summed E-state index contributed by atoms with van der Waals surface area (Å²) in [5.74, 6) is -0.466. The summed E-state index contributed by atoms with van der Waals surface area (Å²) in [6, 6.07) is 11.1. The van der Waals surface area contributed by atoms with E-state index in [0.29, 0.717) is 5.56 Å². The van der Waals surface area contributed by atoms with Crippen LogP contribution in [0.25, 0.3) is 0 Å². The summed E-state index contributed by atoms with van der Waals surface area (Å²) in [4.78, 5) is 2.25. The van der Waals surface area contributed by atoms with Gasteiger partial charge in [0.15, 0.2) is 0 Å². The Hall–Kier alpha value is -2.21. The Balaban J connectivity index is 2.23. The van der Waals surface area contributed by atoms with Crippen LogP contribution in [-0.2, 0) is 10.0 Å². The van der Waals surface area contributed by atoms with E-state index in [2.05, 4.69) is 9.93 Å². The van der Waals surface area contributed by atoms with E-state index in [0.717, 1.165) is 11.8 Å². The Labute approximate surface area is 123 Å². The average molecular weight is 306 g/mol. The van der Waals surface area contributed by atoms with Crippen molar-refractivity contribution in [1.82, 2.24) is 4.83 Å². The molecule has 2 aromatic rings. The number of aryl methyl sites for hydroxylation is 2. The topological polar surface area (TPSA) is 58.5 Å². The van der Waals surface area contributed by atoms with Crippen LogP contribution in [0.2, 0.25) is 0 Å². The number of hydrazone groups is 1. The summed E-state index contributed by atoms with van der Waals surface area (Å²) in [6.07, 6.45) is 1.14. The van der Waals surface area contributed by atoms with Gasteiger partial charge in [0.05, 0.1) is 11.1 Å². The van der Waals surface area contributed by atoms with Gasteiger partial charge in [-0.05, 0) is 37.1 Å². The number of halogens is 1. The van der Waals surface area contributed by atoms with Crippen LogP contribution >= 0.6 is 0 Å². The van der Waals surface area contributed by atoms with Gasteiger partial charge in [-0.15, -0.1) is 0 Å². The van der Waals surface area contributed by atoms with Crippen LogP contribution in [0, 0.1) is 19.7 Å². The van der Waals surface area contributed by atoms with E-state index in [1.807, 2.05) is 6.07 Å². The molecule has 0 aliphatic rings. The van der Waals surface area contributed by atoms with Crippen LogP contribution in [0.1, 0.15) is 16.7 Å². The highest BCUT2D eigenvalue weighted by atomic mass is 32.2. The summed E-state index contributed by atoms with van der Waals surface area (Å²) < 4.78 is 37.7. The maximum atomic E-state index is 13.4. The van der Waals surface area contributed by atoms with E-state index in [1.54, 1.807) is 38.1 Å². The van der Waals surface area contributed by atoms with Gasteiger partial charge in [0, 0.05) is 5.56 Å². The van der Waals surface area contributed by atoms with Crippen molar-refractivity contribution in [1.29, 1.82) is 0 Å². The van der Waals surface area contributed by atoms with Gasteiger partial charge in [-0.1, -0.05) is 30.3 Å². The lowest BCUT2D eigenvalue weighted by Gasteiger charge is -2.07. The third-order valence-corrected chi connectivity index (χ3v) is 4.28. The molecular formula is C15H15FN2O2S. The molecule has 110 valence electrons. The van der Waals surface area contributed by atoms with Crippen LogP contribution < -0.4 is 4.83 Å². The quantitative estimate of drug-likeness (QED) is 0.697. The van der Waals surface area contributed by atoms with Gasteiger partial charge in [-0.25, -0.2) is 9.22 Å². The molecule has 0 spiro atoms. The van der Waals surface area contributed by atoms with E-state index < -0.39 is 15.8 Å². The molecule has 0 bridgehead atoms. The molecule has 0 amide bonds. The van der Waals surface area contributed by atoms with E-state index in [1.165, 1.54) is 12.1 Å².